The number of aryl methyl sites for hydroxylation is 1. The molecular formula is C15H15BrN4. The fourth-order valence-electron chi connectivity index (χ4n) is 2.58. The Balaban J connectivity index is 2.30. The Hall–Kier alpha value is -1.75. The topological polar surface area (TPSA) is 43.6 Å². The van der Waals surface area contributed by atoms with Gasteiger partial charge in [0.1, 0.15) is 5.52 Å². The predicted molar refractivity (Wildman–Crippen MR) is 83.2 cm³/mol. The largest absolute Gasteiger partial charge is 0.254 e. The minimum atomic E-state index is 0.863. The number of rotatable bonds is 2. The number of pyridine rings is 2. The molecule has 0 radical (unpaired) electrons. The van der Waals surface area contributed by atoms with E-state index >= 15 is 0 Å². The Labute approximate surface area is 126 Å². The molecule has 3 heterocycles. The maximum Gasteiger partial charge on any atom is 0.114 e. The van der Waals surface area contributed by atoms with Gasteiger partial charge in [0.15, 0.2) is 0 Å². The third kappa shape index (κ3) is 2.02. The number of halogens is 1. The number of aromatic nitrogens is 4. The zero-order valence-electron chi connectivity index (χ0n) is 11.7. The maximum absolute atomic E-state index is 4.66. The van der Waals surface area contributed by atoms with Crippen LogP contribution >= 0.6 is 15.9 Å². The first-order valence-electron chi connectivity index (χ1n) is 6.57. The third-order valence-electron chi connectivity index (χ3n) is 3.55. The molecule has 0 saturated heterocycles. The van der Waals surface area contributed by atoms with E-state index in [1.54, 1.807) is 12.4 Å². The summed E-state index contributed by atoms with van der Waals surface area (Å²) < 4.78 is 2.90. The van der Waals surface area contributed by atoms with Crippen molar-refractivity contribution in [2.45, 2.75) is 27.2 Å². The van der Waals surface area contributed by atoms with Crippen LogP contribution in [0.25, 0.3) is 16.7 Å². The minimum Gasteiger partial charge on any atom is -0.254 e. The zero-order chi connectivity index (χ0) is 14.3. The van der Waals surface area contributed by atoms with Crippen LogP contribution in [0, 0.1) is 13.8 Å². The molecule has 0 amide bonds. The SMILES string of the molecule is CCc1c(C)nn(-c2ccnc3cc(Br)cnc23)c1C. The first-order valence-corrected chi connectivity index (χ1v) is 7.37. The molecule has 0 atom stereocenters. The number of nitrogens with zero attached hydrogens (tertiary/aromatic N) is 4. The van der Waals surface area contributed by atoms with Gasteiger partial charge in [-0.05, 0) is 53.9 Å². The fraction of sp³-hybridized carbons (Fsp3) is 0.267. The van der Waals surface area contributed by atoms with E-state index in [2.05, 4.69) is 51.8 Å². The van der Waals surface area contributed by atoms with Crippen LogP contribution in [0.15, 0.2) is 29.0 Å². The van der Waals surface area contributed by atoms with Crippen molar-refractivity contribution in [3.8, 4) is 5.69 Å². The predicted octanol–water partition coefficient (Wildman–Crippen LogP) is 3.76. The summed E-state index contributed by atoms with van der Waals surface area (Å²) in [6.07, 6.45) is 4.58. The Kier molecular flexibility index (Phi) is 3.30. The van der Waals surface area contributed by atoms with E-state index in [1.807, 2.05) is 16.8 Å². The van der Waals surface area contributed by atoms with Crippen molar-refractivity contribution in [1.29, 1.82) is 0 Å². The van der Waals surface area contributed by atoms with Gasteiger partial charge in [-0.15, -0.1) is 0 Å². The molecule has 3 rings (SSSR count). The molecule has 3 aromatic rings. The molecule has 3 aromatic heterocycles. The van der Waals surface area contributed by atoms with Crippen LogP contribution in [0.5, 0.6) is 0 Å². The standard InChI is InChI=1S/C15H15BrN4/c1-4-12-9(2)19-20(10(12)3)14-5-6-17-13-7-11(16)8-18-15(13)14/h5-8H,4H2,1-3H3. The Morgan fingerprint density at radius 2 is 2.05 bits per heavy atom. The van der Waals surface area contributed by atoms with Gasteiger partial charge in [0.05, 0.1) is 16.9 Å². The molecule has 0 saturated carbocycles. The Morgan fingerprint density at radius 3 is 2.75 bits per heavy atom. The fourth-order valence-corrected chi connectivity index (χ4v) is 2.90. The van der Waals surface area contributed by atoms with Gasteiger partial charge in [-0.2, -0.15) is 5.10 Å². The van der Waals surface area contributed by atoms with Gasteiger partial charge < -0.3 is 0 Å². The maximum atomic E-state index is 4.66. The summed E-state index contributed by atoms with van der Waals surface area (Å²) in [6.45, 7) is 6.31. The van der Waals surface area contributed by atoms with Crippen LogP contribution in [0.1, 0.15) is 23.9 Å². The van der Waals surface area contributed by atoms with Crippen LogP contribution in [0.4, 0.5) is 0 Å². The van der Waals surface area contributed by atoms with Gasteiger partial charge in [-0.1, -0.05) is 6.92 Å². The van der Waals surface area contributed by atoms with E-state index in [9.17, 15) is 0 Å². The van der Waals surface area contributed by atoms with Gasteiger partial charge in [0.2, 0.25) is 0 Å². The summed E-state index contributed by atoms with van der Waals surface area (Å²) in [4.78, 5) is 8.87. The highest BCUT2D eigenvalue weighted by Crippen LogP contribution is 2.24. The molecule has 5 heteroatoms. The molecule has 0 aliphatic rings. The first-order chi connectivity index (χ1) is 9.61. The van der Waals surface area contributed by atoms with Crippen molar-refractivity contribution in [2.75, 3.05) is 0 Å². The van der Waals surface area contributed by atoms with Crippen molar-refractivity contribution in [1.82, 2.24) is 19.7 Å². The normalized spacial score (nSPS) is 11.2. The molecule has 0 spiro atoms. The quantitative estimate of drug-likeness (QED) is 0.718. The molecule has 0 fully saturated rings. The van der Waals surface area contributed by atoms with Crippen LogP contribution in [-0.4, -0.2) is 19.7 Å². The van der Waals surface area contributed by atoms with Crippen LogP contribution < -0.4 is 0 Å². The van der Waals surface area contributed by atoms with Crippen LogP contribution in [0.2, 0.25) is 0 Å². The second-order valence-electron chi connectivity index (χ2n) is 4.77. The van der Waals surface area contributed by atoms with Crippen LogP contribution in [-0.2, 0) is 6.42 Å². The average molecular weight is 331 g/mol. The lowest BCUT2D eigenvalue weighted by Gasteiger charge is -2.08. The molecule has 0 bridgehead atoms. The lowest BCUT2D eigenvalue weighted by molar-refractivity contribution is 0.835. The molecule has 20 heavy (non-hydrogen) atoms. The number of fused-ring (bicyclic) bond motifs is 1. The molecule has 0 aliphatic heterocycles. The second-order valence-corrected chi connectivity index (χ2v) is 5.68. The molecule has 102 valence electrons. The van der Waals surface area contributed by atoms with Gasteiger partial charge in [0, 0.05) is 22.6 Å². The van der Waals surface area contributed by atoms with Crippen molar-refractivity contribution in [3.05, 3.63) is 46.0 Å². The summed E-state index contributed by atoms with van der Waals surface area (Å²) in [5, 5.41) is 4.66. The van der Waals surface area contributed by atoms with E-state index in [4.69, 9.17) is 0 Å². The highest BCUT2D eigenvalue weighted by atomic mass is 79.9. The van der Waals surface area contributed by atoms with Gasteiger partial charge in [-0.3, -0.25) is 9.97 Å². The van der Waals surface area contributed by atoms with Crippen molar-refractivity contribution < 1.29 is 0 Å². The molecule has 0 aliphatic carbocycles. The molecule has 0 aromatic carbocycles. The van der Waals surface area contributed by atoms with Crippen molar-refractivity contribution >= 4 is 27.0 Å². The average Bonchev–Trinajstić information content (AvgIpc) is 2.72. The second kappa shape index (κ2) is 4.98. The highest BCUT2D eigenvalue weighted by molar-refractivity contribution is 9.10. The van der Waals surface area contributed by atoms with Gasteiger partial charge >= 0.3 is 0 Å². The van der Waals surface area contributed by atoms with Crippen LogP contribution in [0.3, 0.4) is 0 Å². The van der Waals surface area contributed by atoms with Gasteiger partial charge in [0.25, 0.3) is 0 Å². The molecular weight excluding hydrogens is 316 g/mol. The number of hydrogen-bond donors (Lipinski definition) is 0. The first kappa shape index (κ1) is 13.2. The third-order valence-corrected chi connectivity index (χ3v) is 3.98. The van der Waals surface area contributed by atoms with E-state index in [1.165, 1.54) is 11.3 Å². The summed E-state index contributed by atoms with van der Waals surface area (Å²) in [5.74, 6) is 0. The Bertz CT molecular complexity index is 792. The molecule has 0 unspecified atom stereocenters. The van der Waals surface area contributed by atoms with E-state index in [0.717, 1.165) is 33.3 Å². The number of hydrogen-bond acceptors (Lipinski definition) is 3. The lowest BCUT2D eigenvalue weighted by atomic mass is 10.1. The summed E-state index contributed by atoms with van der Waals surface area (Å²) in [5.41, 5.74) is 6.25. The minimum absolute atomic E-state index is 0.863. The monoisotopic (exact) mass is 330 g/mol. The smallest absolute Gasteiger partial charge is 0.114 e. The van der Waals surface area contributed by atoms with E-state index in [-0.39, 0.29) is 0 Å². The van der Waals surface area contributed by atoms with E-state index < -0.39 is 0 Å². The van der Waals surface area contributed by atoms with Crippen molar-refractivity contribution in [3.63, 3.8) is 0 Å². The summed E-state index contributed by atoms with van der Waals surface area (Å²) in [6, 6.07) is 3.93. The molecule has 4 nitrogen and oxygen atoms in total. The Morgan fingerprint density at radius 1 is 1.25 bits per heavy atom. The zero-order valence-corrected chi connectivity index (χ0v) is 13.3. The molecule has 0 N–H and O–H groups in total. The lowest BCUT2D eigenvalue weighted by Crippen LogP contribution is -2.02. The van der Waals surface area contributed by atoms with Gasteiger partial charge in [-0.25, -0.2) is 4.68 Å². The van der Waals surface area contributed by atoms with E-state index in [0.29, 0.717) is 0 Å². The summed E-state index contributed by atoms with van der Waals surface area (Å²) >= 11 is 3.43. The van der Waals surface area contributed by atoms with Crippen molar-refractivity contribution in [2.24, 2.45) is 0 Å². The summed E-state index contributed by atoms with van der Waals surface area (Å²) in [7, 11) is 0. The highest BCUT2D eigenvalue weighted by Gasteiger charge is 2.14.